The number of alkyl halides is 2. The summed E-state index contributed by atoms with van der Waals surface area (Å²) in [4.78, 5) is 12.7. The van der Waals surface area contributed by atoms with Gasteiger partial charge in [-0.1, -0.05) is 6.07 Å². The van der Waals surface area contributed by atoms with Gasteiger partial charge in [0.25, 0.3) is 5.56 Å². The van der Waals surface area contributed by atoms with E-state index in [0.29, 0.717) is 5.56 Å². The molecule has 0 amide bonds. The second-order valence-electron chi connectivity index (χ2n) is 5.25. The van der Waals surface area contributed by atoms with Crippen LogP contribution in [0.15, 0.2) is 23.0 Å². The van der Waals surface area contributed by atoms with E-state index in [1.807, 2.05) is 0 Å². The molecule has 1 heterocycles. The summed E-state index contributed by atoms with van der Waals surface area (Å²) in [5, 5.41) is 18.3. The maximum absolute atomic E-state index is 12.7. The standard InChI is InChI=1S/C18H15F2N3O4S/c1-25-6-5-23-16(24)15(28-17(23)12(9-21)10-22)8-11-3-4-13(27-18(19)20)14(7-11)26-2/h3-4,7-8,18H,5-6H2,1-2H3/b15-8+. The van der Waals surface area contributed by atoms with Crippen molar-refractivity contribution in [2.24, 2.45) is 0 Å². The smallest absolute Gasteiger partial charge is 0.387 e. The average molecular weight is 407 g/mol. The number of hydrogen-bond donors (Lipinski definition) is 0. The third-order valence-electron chi connectivity index (χ3n) is 3.57. The average Bonchev–Trinajstić information content (AvgIpc) is 2.97. The molecule has 0 atom stereocenters. The number of rotatable bonds is 7. The first-order chi connectivity index (χ1) is 13.4. The molecule has 0 radical (unpaired) electrons. The number of ether oxygens (including phenoxy) is 3. The molecule has 28 heavy (non-hydrogen) atoms. The monoisotopic (exact) mass is 407 g/mol. The lowest BCUT2D eigenvalue weighted by atomic mass is 10.2. The van der Waals surface area contributed by atoms with Gasteiger partial charge in [0.1, 0.15) is 16.8 Å². The van der Waals surface area contributed by atoms with E-state index in [2.05, 4.69) is 4.74 Å². The molecular formula is C18H15F2N3O4S. The quantitative estimate of drug-likeness (QED) is 0.684. The second kappa shape index (κ2) is 9.65. The Kier molecular flexibility index (Phi) is 7.27. The van der Waals surface area contributed by atoms with Gasteiger partial charge in [0.15, 0.2) is 17.1 Å². The van der Waals surface area contributed by atoms with E-state index in [1.54, 1.807) is 12.1 Å². The number of nitriles is 2. The van der Waals surface area contributed by atoms with Crippen LogP contribution in [-0.2, 0) is 11.3 Å². The highest BCUT2D eigenvalue weighted by atomic mass is 32.1. The molecule has 2 aromatic rings. The van der Waals surface area contributed by atoms with E-state index in [4.69, 9.17) is 20.0 Å². The Hall–Kier alpha value is -3.21. The summed E-state index contributed by atoms with van der Waals surface area (Å²) in [7, 11) is 2.78. The number of benzene rings is 1. The molecule has 0 aliphatic carbocycles. The summed E-state index contributed by atoms with van der Waals surface area (Å²) in [6.07, 6.45) is 1.51. The highest BCUT2D eigenvalue weighted by molar-refractivity contribution is 7.07. The Morgan fingerprint density at radius 2 is 2.00 bits per heavy atom. The van der Waals surface area contributed by atoms with Crippen LogP contribution in [-0.4, -0.2) is 32.0 Å². The van der Waals surface area contributed by atoms with Gasteiger partial charge in [0.2, 0.25) is 0 Å². The fourth-order valence-electron chi connectivity index (χ4n) is 2.33. The normalized spacial score (nSPS) is 11.2. The molecule has 1 aromatic carbocycles. The molecule has 0 bridgehead atoms. The van der Waals surface area contributed by atoms with Crippen LogP contribution in [0, 0.1) is 22.7 Å². The van der Waals surface area contributed by atoms with Gasteiger partial charge < -0.3 is 14.2 Å². The van der Waals surface area contributed by atoms with Crippen molar-refractivity contribution in [2.45, 2.75) is 13.2 Å². The fourth-order valence-corrected chi connectivity index (χ4v) is 3.41. The molecule has 0 aliphatic rings. The summed E-state index contributed by atoms with van der Waals surface area (Å²) < 4.78 is 41.0. The van der Waals surface area contributed by atoms with Crippen molar-refractivity contribution in [3.63, 3.8) is 0 Å². The van der Waals surface area contributed by atoms with Gasteiger partial charge in [-0.2, -0.15) is 19.3 Å². The zero-order valence-corrected chi connectivity index (χ0v) is 15.8. The summed E-state index contributed by atoms with van der Waals surface area (Å²) in [5.74, 6) is -0.0598. The molecular weight excluding hydrogens is 392 g/mol. The molecule has 1 aromatic heterocycles. The minimum absolute atomic E-state index is 0.0758. The summed E-state index contributed by atoms with van der Waals surface area (Å²) in [5.41, 5.74) is -0.0826. The predicted molar refractivity (Wildman–Crippen MR) is 97.5 cm³/mol. The molecule has 0 aliphatic heterocycles. The van der Waals surface area contributed by atoms with Crippen LogP contribution in [0.3, 0.4) is 0 Å². The third kappa shape index (κ3) is 4.74. The van der Waals surface area contributed by atoms with Crippen LogP contribution in [0.5, 0.6) is 11.5 Å². The largest absolute Gasteiger partial charge is 0.493 e. The van der Waals surface area contributed by atoms with E-state index < -0.39 is 12.2 Å². The van der Waals surface area contributed by atoms with Gasteiger partial charge in [-0.05, 0) is 23.8 Å². The van der Waals surface area contributed by atoms with Gasteiger partial charge in [0, 0.05) is 7.11 Å². The lowest BCUT2D eigenvalue weighted by Gasteiger charge is -2.09. The van der Waals surface area contributed by atoms with E-state index in [9.17, 15) is 13.6 Å². The third-order valence-corrected chi connectivity index (χ3v) is 4.70. The molecule has 0 saturated heterocycles. The van der Waals surface area contributed by atoms with Gasteiger partial charge >= 0.3 is 6.61 Å². The first-order valence-corrected chi connectivity index (χ1v) is 8.64. The Balaban J connectivity index is 2.64. The lowest BCUT2D eigenvalue weighted by Crippen LogP contribution is -2.33. The Morgan fingerprint density at radius 1 is 1.29 bits per heavy atom. The van der Waals surface area contributed by atoms with Crippen molar-refractivity contribution in [1.82, 2.24) is 4.57 Å². The molecule has 146 valence electrons. The minimum Gasteiger partial charge on any atom is -0.493 e. The van der Waals surface area contributed by atoms with Gasteiger partial charge in [-0.25, -0.2) is 0 Å². The topological polar surface area (TPSA) is 97.3 Å². The van der Waals surface area contributed by atoms with Crippen molar-refractivity contribution in [1.29, 1.82) is 10.5 Å². The first kappa shape index (κ1) is 21.1. The summed E-state index contributed by atoms with van der Waals surface area (Å²) >= 11 is 0.982. The van der Waals surface area contributed by atoms with Crippen LogP contribution in [0.2, 0.25) is 0 Å². The Morgan fingerprint density at radius 3 is 2.57 bits per heavy atom. The molecule has 10 heteroatoms. The van der Waals surface area contributed by atoms with Crippen molar-refractivity contribution < 1.29 is 23.0 Å². The second-order valence-corrected chi connectivity index (χ2v) is 6.28. The predicted octanol–water partition coefficient (Wildman–Crippen LogP) is 1.19. The number of nitrogens with zero attached hydrogens (tertiary/aromatic N) is 3. The molecule has 0 saturated carbocycles. The van der Waals surface area contributed by atoms with Gasteiger partial charge in [-0.15, -0.1) is 11.3 Å². The van der Waals surface area contributed by atoms with Gasteiger partial charge in [0.05, 0.1) is 24.8 Å². The molecule has 2 rings (SSSR count). The summed E-state index contributed by atoms with van der Waals surface area (Å²) in [6, 6.07) is 7.78. The highest BCUT2D eigenvalue weighted by Crippen LogP contribution is 2.29. The zero-order valence-electron chi connectivity index (χ0n) is 14.9. The van der Waals surface area contributed by atoms with Crippen molar-refractivity contribution in [3.05, 3.63) is 43.3 Å². The highest BCUT2D eigenvalue weighted by Gasteiger charge is 2.12. The molecule has 0 unspecified atom stereocenters. The number of hydrogen-bond acceptors (Lipinski definition) is 7. The van der Waals surface area contributed by atoms with Crippen LogP contribution in [0.25, 0.3) is 11.6 Å². The van der Waals surface area contributed by atoms with Crippen molar-refractivity contribution >= 4 is 23.0 Å². The number of methoxy groups -OCH3 is 2. The van der Waals surface area contributed by atoms with Gasteiger partial charge in [-0.3, -0.25) is 9.36 Å². The lowest BCUT2D eigenvalue weighted by molar-refractivity contribution is -0.0512. The molecule has 7 nitrogen and oxygen atoms in total. The maximum Gasteiger partial charge on any atom is 0.387 e. The Labute approximate surface area is 162 Å². The van der Waals surface area contributed by atoms with E-state index >= 15 is 0 Å². The number of halogens is 2. The van der Waals surface area contributed by atoms with E-state index in [1.165, 1.54) is 43.1 Å². The number of thiazole rings is 1. The Bertz CT molecular complexity index is 1090. The zero-order chi connectivity index (χ0) is 20.7. The van der Waals surface area contributed by atoms with Crippen molar-refractivity contribution in [2.75, 3.05) is 20.8 Å². The molecule has 0 fully saturated rings. The molecule has 0 N–H and O–H groups in total. The fraction of sp³-hybridized carbons (Fsp3) is 0.278. The minimum atomic E-state index is -3.00. The van der Waals surface area contributed by atoms with Crippen LogP contribution in [0.4, 0.5) is 8.78 Å². The first-order valence-electron chi connectivity index (χ1n) is 7.82. The molecule has 0 spiro atoms. The maximum atomic E-state index is 12.7. The van der Waals surface area contributed by atoms with E-state index in [-0.39, 0.29) is 39.4 Å². The van der Waals surface area contributed by atoms with Crippen LogP contribution in [0.1, 0.15) is 5.56 Å². The number of aromatic nitrogens is 1. The van der Waals surface area contributed by atoms with E-state index in [0.717, 1.165) is 11.3 Å². The van der Waals surface area contributed by atoms with Crippen molar-refractivity contribution in [3.8, 4) is 23.6 Å². The SMILES string of the molecule is COCCn1c(=C(C#N)C#N)s/c(=C/c2ccc(OC(F)F)c(OC)c2)c1=O. The van der Waals surface area contributed by atoms with Crippen LogP contribution < -0.4 is 24.2 Å². The summed E-state index contributed by atoms with van der Waals surface area (Å²) in [6.45, 7) is -2.60. The van der Waals surface area contributed by atoms with Crippen LogP contribution >= 0.6 is 11.3 Å².